The summed E-state index contributed by atoms with van der Waals surface area (Å²) in [6, 6.07) is 5.83. The molecule has 0 amide bonds. The fourth-order valence-corrected chi connectivity index (χ4v) is 0.958. The van der Waals surface area contributed by atoms with Crippen LogP contribution in [0.2, 0.25) is 0 Å². The van der Waals surface area contributed by atoms with E-state index in [2.05, 4.69) is 10.0 Å². The molecule has 1 aromatic carbocycles. The van der Waals surface area contributed by atoms with Crippen LogP contribution in [-0.4, -0.2) is 11.7 Å². The van der Waals surface area contributed by atoms with E-state index in [0.717, 1.165) is 0 Å². The number of benzene rings is 1. The number of aliphatic hydroxyl groups is 1. The maximum atomic E-state index is 13.0. The smallest absolute Gasteiger partial charge is 0.128 e. The predicted molar refractivity (Wildman–Crippen MR) is 45.4 cm³/mol. The van der Waals surface area contributed by atoms with Gasteiger partial charge < -0.3 is 5.11 Å². The van der Waals surface area contributed by atoms with Crippen molar-refractivity contribution in [1.82, 2.24) is 0 Å². The molecule has 0 heterocycles. The number of hydrogen-bond donors (Lipinski definition) is 1. The highest BCUT2D eigenvalue weighted by Crippen LogP contribution is 2.16. The van der Waals surface area contributed by atoms with Crippen LogP contribution in [0.25, 0.3) is 10.4 Å². The number of halogens is 1. The molecule has 0 spiro atoms. The van der Waals surface area contributed by atoms with Crippen LogP contribution in [0.15, 0.2) is 29.4 Å². The van der Waals surface area contributed by atoms with Crippen molar-refractivity contribution >= 4 is 0 Å². The molecular formula is C8H8FN3O. The van der Waals surface area contributed by atoms with E-state index in [1.54, 1.807) is 6.07 Å². The highest BCUT2D eigenvalue weighted by atomic mass is 19.1. The maximum absolute atomic E-state index is 13.0. The third kappa shape index (κ3) is 2.43. The lowest BCUT2D eigenvalue weighted by atomic mass is 10.1. The molecule has 5 heteroatoms. The quantitative estimate of drug-likeness (QED) is 0.433. The van der Waals surface area contributed by atoms with Crippen LogP contribution in [0.4, 0.5) is 4.39 Å². The number of hydrogen-bond acceptors (Lipinski definition) is 2. The first-order valence-corrected chi connectivity index (χ1v) is 3.69. The Labute approximate surface area is 74.3 Å². The molecule has 0 aliphatic rings. The molecule has 68 valence electrons. The summed E-state index contributed by atoms with van der Waals surface area (Å²) in [5.74, 6) is -0.497. The zero-order valence-electron chi connectivity index (χ0n) is 6.76. The Morgan fingerprint density at radius 3 is 2.85 bits per heavy atom. The van der Waals surface area contributed by atoms with Crippen LogP contribution in [0.3, 0.4) is 0 Å². The molecule has 0 aliphatic carbocycles. The van der Waals surface area contributed by atoms with Crippen LogP contribution in [-0.2, 0) is 0 Å². The van der Waals surface area contributed by atoms with Gasteiger partial charge in [-0.2, -0.15) is 0 Å². The van der Waals surface area contributed by atoms with E-state index in [-0.39, 0.29) is 12.1 Å². The van der Waals surface area contributed by atoms with Crippen LogP contribution >= 0.6 is 0 Å². The van der Waals surface area contributed by atoms with Crippen LogP contribution in [0, 0.1) is 5.82 Å². The van der Waals surface area contributed by atoms with Gasteiger partial charge in [0.2, 0.25) is 0 Å². The molecular weight excluding hydrogens is 173 g/mol. The van der Waals surface area contributed by atoms with Gasteiger partial charge in [-0.05, 0) is 11.6 Å². The standard InChI is InChI=1S/C8H8FN3O/c9-7-4-2-1-3-6(7)8(13)5-11-12-10/h1-4,8,13H,5H2/t8-/m1/s1. The molecule has 4 nitrogen and oxygen atoms in total. The molecule has 0 radical (unpaired) electrons. The number of rotatable bonds is 3. The minimum absolute atomic E-state index is 0.148. The Morgan fingerprint density at radius 1 is 1.54 bits per heavy atom. The summed E-state index contributed by atoms with van der Waals surface area (Å²) in [6.45, 7) is -0.155. The van der Waals surface area contributed by atoms with Gasteiger partial charge in [0.15, 0.2) is 0 Å². The third-order valence-corrected chi connectivity index (χ3v) is 1.58. The van der Waals surface area contributed by atoms with Crippen molar-refractivity contribution < 1.29 is 9.50 Å². The highest BCUT2D eigenvalue weighted by Gasteiger charge is 2.10. The molecule has 1 atom stereocenters. The van der Waals surface area contributed by atoms with E-state index < -0.39 is 11.9 Å². The summed E-state index contributed by atoms with van der Waals surface area (Å²) < 4.78 is 13.0. The number of azide groups is 1. The van der Waals surface area contributed by atoms with E-state index >= 15 is 0 Å². The van der Waals surface area contributed by atoms with Gasteiger partial charge in [-0.3, -0.25) is 0 Å². The van der Waals surface area contributed by atoms with E-state index in [1.165, 1.54) is 18.2 Å². The zero-order chi connectivity index (χ0) is 9.68. The number of aliphatic hydroxyl groups excluding tert-OH is 1. The van der Waals surface area contributed by atoms with Crippen molar-refractivity contribution in [3.63, 3.8) is 0 Å². The molecule has 1 aromatic rings. The lowest BCUT2D eigenvalue weighted by Crippen LogP contribution is -2.03. The molecule has 0 bridgehead atoms. The second-order valence-corrected chi connectivity index (χ2v) is 2.45. The first-order valence-electron chi connectivity index (χ1n) is 3.69. The summed E-state index contributed by atoms with van der Waals surface area (Å²) in [4.78, 5) is 2.47. The average Bonchev–Trinajstić information content (AvgIpc) is 2.15. The van der Waals surface area contributed by atoms with Gasteiger partial charge in [-0.15, -0.1) is 0 Å². The summed E-state index contributed by atoms with van der Waals surface area (Å²) >= 11 is 0. The average molecular weight is 181 g/mol. The van der Waals surface area contributed by atoms with Crippen molar-refractivity contribution in [3.05, 3.63) is 46.1 Å². The predicted octanol–water partition coefficient (Wildman–Crippen LogP) is 2.17. The van der Waals surface area contributed by atoms with Crippen molar-refractivity contribution in [2.24, 2.45) is 5.11 Å². The monoisotopic (exact) mass is 181 g/mol. The van der Waals surface area contributed by atoms with Crippen molar-refractivity contribution in [3.8, 4) is 0 Å². The van der Waals surface area contributed by atoms with Crippen molar-refractivity contribution in [2.45, 2.75) is 6.10 Å². The first-order chi connectivity index (χ1) is 6.25. The van der Waals surface area contributed by atoms with E-state index in [1.807, 2.05) is 0 Å². The van der Waals surface area contributed by atoms with Gasteiger partial charge in [-0.1, -0.05) is 23.3 Å². The Bertz CT molecular complexity index is 336. The van der Waals surface area contributed by atoms with Gasteiger partial charge in [0, 0.05) is 10.5 Å². The molecule has 0 fully saturated rings. The largest absolute Gasteiger partial charge is 0.388 e. The number of nitrogens with zero attached hydrogens (tertiary/aromatic N) is 3. The lowest BCUT2D eigenvalue weighted by Gasteiger charge is -2.07. The Morgan fingerprint density at radius 2 is 2.23 bits per heavy atom. The van der Waals surface area contributed by atoms with E-state index in [4.69, 9.17) is 5.53 Å². The Balaban J connectivity index is 2.81. The van der Waals surface area contributed by atoms with Gasteiger partial charge in [0.25, 0.3) is 0 Å². The third-order valence-electron chi connectivity index (χ3n) is 1.58. The fraction of sp³-hybridized carbons (Fsp3) is 0.250. The molecule has 0 aromatic heterocycles. The van der Waals surface area contributed by atoms with Crippen LogP contribution in [0.5, 0.6) is 0 Å². The summed E-state index contributed by atoms with van der Waals surface area (Å²) in [6.07, 6.45) is -1.07. The van der Waals surface area contributed by atoms with Gasteiger partial charge in [0.05, 0.1) is 12.6 Å². The second-order valence-electron chi connectivity index (χ2n) is 2.45. The minimum atomic E-state index is -1.07. The molecule has 1 rings (SSSR count). The lowest BCUT2D eigenvalue weighted by molar-refractivity contribution is 0.182. The Hall–Kier alpha value is -1.58. The Kier molecular flexibility index (Phi) is 3.25. The van der Waals surface area contributed by atoms with Crippen molar-refractivity contribution in [2.75, 3.05) is 6.54 Å². The van der Waals surface area contributed by atoms with E-state index in [0.29, 0.717) is 0 Å². The molecule has 0 unspecified atom stereocenters. The van der Waals surface area contributed by atoms with Gasteiger partial charge in [-0.25, -0.2) is 4.39 Å². The van der Waals surface area contributed by atoms with Crippen LogP contribution < -0.4 is 0 Å². The van der Waals surface area contributed by atoms with E-state index in [9.17, 15) is 9.50 Å². The summed E-state index contributed by atoms with van der Waals surface area (Å²) in [5.41, 5.74) is 8.13. The first kappa shape index (κ1) is 9.51. The molecule has 0 saturated carbocycles. The minimum Gasteiger partial charge on any atom is -0.388 e. The second kappa shape index (κ2) is 4.45. The molecule has 1 N–H and O–H groups in total. The van der Waals surface area contributed by atoms with Gasteiger partial charge in [0.1, 0.15) is 5.82 Å². The van der Waals surface area contributed by atoms with Gasteiger partial charge >= 0.3 is 0 Å². The summed E-state index contributed by atoms with van der Waals surface area (Å²) in [7, 11) is 0. The summed E-state index contributed by atoms with van der Waals surface area (Å²) in [5, 5.41) is 12.5. The topological polar surface area (TPSA) is 69.0 Å². The van der Waals surface area contributed by atoms with Crippen molar-refractivity contribution in [1.29, 1.82) is 0 Å². The maximum Gasteiger partial charge on any atom is 0.128 e. The normalized spacial score (nSPS) is 11.8. The molecule has 0 saturated heterocycles. The molecule has 13 heavy (non-hydrogen) atoms. The highest BCUT2D eigenvalue weighted by molar-refractivity contribution is 5.19. The van der Waals surface area contributed by atoms with Crippen LogP contribution in [0.1, 0.15) is 11.7 Å². The zero-order valence-corrected chi connectivity index (χ0v) is 6.76. The SMILES string of the molecule is [N-]=[N+]=NC[C@@H](O)c1ccccc1F. The fourth-order valence-electron chi connectivity index (χ4n) is 0.958. The molecule has 0 aliphatic heterocycles.